The van der Waals surface area contributed by atoms with Gasteiger partial charge in [0, 0.05) is 48.6 Å². The number of benzene rings is 2. The zero-order valence-electron chi connectivity index (χ0n) is 24.5. The zero-order chi connectivity index (χ0) is 29.2. The van der Waals surface area contributed by atoms with Gasteiger partial charge >= 0.3 is 0 Å². The number of ether oxygens (including phenoxy) is 1. The van der Waals surface area contributed by atoms with Crippen LogP contribution < -0.4 is 4.74 Å². The molecule has 5 rings (SSSR count). The number of aryl methyl sites for hydroxylation is 2. The summed E-state index contributed by atoms with van der Waals surface area (Å²) in [5.41, 5.74) is 3.95. The minimum atomic E-state index is -3.27. The molecule has 2 aromatic carbocycles. The Hall–Kier alpha value is -3.23. The number of hydrogen-bond acceptors (Lipinski definition) is 6. The lowest BCUT2D eigenvalue weighted by Gasteiger charge is -2.50. The Bertz CT molecular complexity index is 1440. The molecule has 7 nitrogen and oxygen atoms in total. The standard InChI is InChI=1S/C33H41N3O4S/c1-24-8-7-9-25(2)30(24)32(37)35-22-17-33(3,18-23-35)36-20-15-27(16-21-36)31(40-29-10-5-6-19-34-29)26-11-13-28(14-12-26)41(4,38)39/h5-14,19,27,31H,15-18,20-23H2,1-4H3. The van der Waals surface area contributed by atoms with E-state index in [0.717, 1.165) is 74.1 Å². The van der Waals surface area contributed by atoms with E-state index >= 15 is 0 Å². The molecule has 1 unspecified atom stereocenters. The molecule has 1 atom stereocenters. The van der Waals surface area contributed by atoms with Crippen LogP contribution in [-0.2, 0) is 9.84 Å². The Labute approximate surface area is 244 Å². The normalized spacial score (nSPS) is 19.1. The summed E-state index contributed by atoms with van der Waals surface area (Å²) in [6.45, 7) is 9.82. The molecule has 0 radical (unpaired) electrons. The van der Waals surface area contributed by atoms with Crippen LogP contribution in [0.15, 0.2) is 71.8 Å². The number of piperidine rings is 2. The topological polar surface area (TPSA) is 79.8 Å². The Morgan fingerprint density at radius 3 is 2.12 bits per heavy atom. The van der Waals surface area contributed by atoms with E-state index in [1.54, 1.807) is 18.3 Å². The number of nitrogens with zero attached hydrogens (tertiary/aromatic N) is 3. The molecule has 0 aliphatic carbocycles. The quantitative estimate of drug-likeness (QED) is 0.363. The summed E-state index contributed by atoms with van der Waals surface area (Å²) in [5.74, 6) is 0.990. The highest BCUT2D eigenvalue weighted by molar-refractivity contribution is 7.90. The zero-order valence-corrected chi connectivity index (χ0v) is 25.4. The maximum Gasteiger partial charge on any atom is 0.254 e. The first-order valence-electron chi connectivity index (χ1n) is 14.5. The highest BCUT2D eigenvalue weighted by Crippen LogP contribution is 2.39. The van der Waals surface area contributed by atoms with Gasteiger partial charge in [0.05, 0.1) is 4.90 Å². The average molecular weight is 576 g/mol. The molecule has 2 aliphatic rings. The third kappa shape index (κ3) is 6.49. The molecule has 0 N–H and O–H groups in total. The number of carbonyl (C=O) groups is 1. The number of pyridine rings is 1. The molecule has 0 spiro atoms. The second-order valence-corrected chi connectivity index (χ2v) is 13.9. The molecule has 41 heavy (non-hydrogen) atoms. The number of sulfone groups is 1. The van der Waals surface area contributed by atoms with Crippen molar-refractivity contribution in [2.75, 3.05) is 32.4 Å². The van der Waals surface area contributed by atoms with Gasteiger partial charge in [-0.1, -0.05) is 36.4 Å². The maximum absolute atomic E-state index is 13.4. The van der Waals surface area contributed by atoms with Gasteiger partial charge in [0.15, 0.2) is 9.84 Å². The predicted octanol–water partition coefficient (Wildman–Crippen LogP) is 5.63. The van der Waals surface area contributed by atoms with Crippen molar-refractivity contribution < 1.29 is 17.9 Å². The first kappa shape index (κ1) is 29.3. The van der Waals surface area contributed by atoms with E-state index in [2.05, 4.69) is 16.8 Å². The van der Waals surface area contributed by atoms with Gasteiger partial charge in [0.2, 0.25) is 5.88 Å². The summed E-state index contributed by atoms with van der Waals surface area (Å²) in [6.07, 6.45) is 6.57. The molecule has 3 heterocycles. The van der Waals surface area contributed by atoms with Crippen molar-refractivity contribution in [3.05, 3.63) is 89.1 Å². The van der Waals surface area contributed by atoms with Crippen LogP contribution in [0.1, 0.15) is 65.8 Å². The number of amides is 1. The van der Waals surface area contributed by atoms with Crippen LogP contribution in [0.5, 0.6) is 5.88 Å². The molecular formula is C33H41N3O4S. The number of likely N-dealkylation sites (tertiary alicyclic amines) is 2. The molecular weight excluding hydrogens is 534 g/mol. The molecule has 3 aromatic rings. The van der Waals surface area contributed by atoms with E-state index in [9.17, 15) is 13.2 Å². The van der Waals surface area contributed by atoms with E-state index in [0.29, 0.717) is 10.8 Å². The third-order valence-corrected chi connectivity index (χ3v) is 10.2. The molecule has 218 valence electrons. The highest BCUT2D eigenvalue weighted by Gasteiger charge is 2.40. The van der Waals surface area contributed by atoms with Crippen LogP contribution in [0.2, 0.25) is 0 Å². The van der Waals surface area contributed by atoms with Gasteiger partial charge < -0.3 is 9.64 Å². The Kier molecular flexibility index (Phi) is 8.52. The van der Waals surface area contributed by atoms with Crippen LogP contribution in [0.25, 0.3) is 0 Å². The van der Waals surface area contributed by atoms with Crippen molar-refractivity contribution in [3.63, 3.8) is 0 Å². The molecule has 0 bridgehead atoms. The summed E-state index contributed by atoms with van der Waals surface area (Å²) in [7, 11) is -3.27. The van der Waals surface area contributed by atoms with Crippen molar-refractivity contribution in [1.29, 1.82) is 0 Å². The second-order valence-electron chi connectivity index (χ2n) is 11.9. The van der Waals surface area contributed by atoms with Crippen molar-refractivity contribution in [3.8, 4) is 5.88 Å². The average Bonchev–Trinajstić information content (AvgIpc) is 2.96. The Morgan fingerprint density at radius 1 is 0.927 bits per heavy atom. The maximum atomic E-state index is 13.4. The monoisotopic (exact) mass is 575 g/mol. The van der Waals surface area contributed by atoms with Crippen molar-refractivity contribution in [1.82, 2.24) is 14.8 Å². The molecule has 2 saturated heterocycles. The molecule has 2 aliphatic heterocycles. The first-order chi connectivity index (χ1) is 19.5. The number of carbonyl (C=O) groups excluding carboxylic acids is 1. The van der Waals surface area contributed by atoms with Gasteiger partial charge in [-0.15, -0.1) is 0 Å². The highest BCUT2D eigenvalue weighted by atomic mass is 32.2. The first-order valence-corrected chi connectivity index (χ1v) is 16.4. The smallest absolute Gasteiger partial charge is 0.254 e. The summed E-state index contributed by atoms with van der Waals surface area (Å²) in [5, 5.41) is 0. The summed E-state index contributed by atoms with van der Waals surface area (Å²) < 4.78 is 30.5. The lowest BCUT2D eigenvalue weighted by molar-refractivity contribution is -0.00614. The summed E-state index contributed by atoms with van der Waals surface area (Å²) >= 11 is 0. The number of rotatable bonds is 7. The third-order valence-electron chi connectivity index (χ3n) is 9.08. The summed E-state index contributed by atoms with van der Waals surface area (Å²) in [4.78, 5) is 22.7. The predicted molar refractivity (Wildman–Crippen MR) is 161 cm³/mol. The van der Waals surface area contributed by atoms with Gasteiger partial charge in [-0.3, -0.25) is 9.69 Å². The van der Waals surface area contributed by atoms with Gasteiger partial charge in [0.1, 0.15) is 6.10 Å². The fourth-order valence-electron chi connectivity index (χ4n) is 6.45. The van der Waals surface area contributed by atoms with E-state index in [4.69, 9.17) is 4.74 Å². The van der Waals surface area contributed by atoms with Crippen LogP contribution >= 0.6 is 0 Å². The fraction of sp³-hybridized carbons (Fsp3) is 0.455. The van der Waals surface area contributed by atoms with E-state index in [-0.39, 0.29) is 23.5 Å². The van der Waals surface area contributed by atoms with Crippen LogP contribution in [0, 0.1) is 19.8 Å². The Balaban J connectivity index is 1.25. The van der Waals surface area contributed by atoms with E-state index in [1.165, 1.54) is 6.26 Å². The lowest BCUT2D eigenvalue weighted by atomic mass is 9.82. The molecule has 2 fully saturated rings. The van der Waals surface area contributed by atoms with Crippen LogP contribution in [0.4, 0.5) is 0 Å². The lowest BCUT2D eigenvalue weighted by Crippen LogP contribution is -2.56. The number of aromatic nitrogens is 1. The van der Waals surface area contributed by atoms with E-state index in [1.807, 2.05) is 67.3 Å². The van der Waals surface area contributed by atoms with Gasteiger partial charge in [-0.25, -0.2) is 13.4 Å². The fourth-order valence-corrected chi connectivity index (χ4v) is 7.08. The van der Waals surface area contributed by atoms with Crippen molar-refractivity contribution in [2.45, 2.75) is 63.0 Å². The van der Waals surface area contributed by atoms with Crippen molar-refractivity contribution in [2.24, 2.45) is 5.92 Å². The minimum absolute atomic E-state index is 0.0526. The van der Waals surface area contributed by atoms with Crippen molar-refractivity contribution >= 4 is 15.7 Å². The Morgan fingerprint density at radius 2 is 1.56 bits per heavy atom. The van der Waals surface area contributed by atoms with Gasteiger partial charge in [-0.2, -0.15) is 0 Å². The van der Waals surface area contributed by atoms with Crippen LogP contribution in [0.3, 0.4) is 0 Å². The number of hydrogen-bond donors (Lipinski definition) is 0. The summed E-state index contributed by atoms with van der Waals surface area (Å²) in [6, 6.07) is 18.8. The van der Waals surface area contributed by atoms with Gasteiger partial charge in [-0.05, 0) is 94.4 Å². The van der Waals surface area contributed by atoms with Gasteiger partial charge in [0.25, 0.3) is 5.91 Å². The molecule has 8 heteroatoms. The molecule has 1 amide bonds. The molecule has 1 aromatic heterocycles. The SMILES string of the molecule is Cc1cccc(C)c1C(=O)N1CCC(C)(N2CCC(C(Oc3ccccn3)c3ccc(S(C)(=O)=O)cc3)CC2)CC1. The minimum Gasteiger partial charge on any atom is -0.469 e. The largest absolute Gasteiger partial charge is 0.469 e. The van der Waals surface area contributed by atoms with Crippen LogP contribution in [-0.4, -0.2) is 67.1 Å². The molecule has 0 saturated carbocycles. The van der Waals surface area contributed by atoms with E-state index < -0.39 is 9.84 Å². The second kappa shape index (κ2) is 11.9.